The lowest BCUT2D eigenvalue weighted by Gasteiger charge is -2.15. The molecule has 0 bridgehead atoms. The Hall–Kier alpha value is -4.14. The molecule has 0 radical (unpaired) electrons. The minimum atomic E-state index is -0.835. The zero-order valence-electron chi connectivity index (χ0n) is 18.9. The van der Waals surface area contributed by atoms with Gasteiger partial charge in [-0.05, 0) is 41.0 Å². The Kier molecular flexibility index (Phi) is 6.22. The highest BCUT2D eigenvalue weighted by Gasteiger charge is 2.33. The van der Waals surface area contributed by atoms with Gasteiger partial charge >= 0.3 is 12.1 Å². The summed E-state index contributed by atoms with van der Waals surface area (Å²) in [5, 5.41) is 18.1. The number of hydrogen-bond acceptors (Lipinski definition) is 6. The van der Waals surface area contributed by atoms with Gasteiger partial charge in [0.1, 0.15) is 6.61 Å². The number of anilines is 1. The molecule has 9 heteroatoms. The summed E-state index contributed by atoms with van der Waals surface area (Å²) in [6.45, 7) is 0.394. The van der Waals surface area contributed by atoms with Gasteiger partial charge in [0.05, 0.1) is 5.92 Å². The van der Waals surface area contributed by atoms with Crippen LogP contribution in [0.15, 0.2) is 59.1 Å². The predicted molar refractivity (Wildman–Crippen MR) is 126 cm³/mol. The van der Waals surface area contributed by atoms with Crippen LogP contribution in [0.5, 0.6) is 0 Å². The number of fused-ring (bicyclic) bond motifs is 3. The molecule has 2 atom stereocenters. The van der Waals surface area contributed by atoms with Gasteiger partial charge < -0.3 is 19.7 Å². The van der Waals surface area contributed by atoms with E-state index in [1.807, 2.05) is 36.4 Å². The second-order valence-electron chi connectivity index (χ2n) is 8.87. The molecule has 5 rings (SSSR count). The summed E-state index contributed by atoms with van der Waals surface area (Å²) >= 11 is 0. The third-order valence-electron chi connectivity index (χ3n) is 6.81. The molecule has 1 aromatic heterocycles. The standard InChI is InChI=1S/C26H25N3O6/c30-24(27-13-15-6-5-11-16(15)25(31)32)22-12-23(35-29-22)28-26(33)34-14-21-19-9-3-1-7-17(19)18-8-2-4-10-20(18)21/h1-4,7-10,12,15-16,21H,5-6,11,13-14H2,(H,27,30)(H,28,33)(H,31,32)/t15-,16-/m1/s1. The number of benzene rings is 2. The minimum Gasteiger partial charge on any atom is -0.481 e. The Morgan fingerprint density at radius 2 is 1.71 bits per heavy atom. The van der Waals surface area contributed by atoms with Crippen molar-refractivity contribution in [2.45, 2.75) is 25.2 Å². The van der Waals surface area contributed by atoms with Crippen molar-refractivity contribution in [2.24, 2.45) is 11.8 Å². The summed E-state index contributed by atoms with van der Waals surface area (Å²) in [7, 11) is 0. The largest absolute Gasteiger partial charge is 0.481 e. The highest BCUT2D eigenvalue weighted by molar-refractivity contribution is 5.93. The number of nitrogens with zero attached hydrogens (tertiary/aromatic N) is 1. The van der Waals surface area contributed by atoms with Crippen LogP contribution in [-0.4, -0.2) is 41.4 Å². The highest BCUT2D eigenvalue weighted by atomic mass is 16.6. The van der Waals surface area contributed by atoms with Gasteiger partial charge in [-0.1, -0.05) is 60.1 Å². The number of ether oxygens (including phenoxy) is 1. The first-order chi connectivity index (χ1) is 17.0. The molecule has 2 aliphatic rings. The van der Waals surface area contributed by atoms with Crippen LogP contribution >= 0.6 is 0 Å². The molecule has 1 fully saturated rings. The normalized spacial score (nSPS) is 18.5. The third-order valence-corrected chi connectivity index (χ3v) is 6.81. The molecule has 2 aromatic carbocycles. The second kappa shape index (κ2) is 9.61. The molecule has 2 aliphatic carbocycles. The van der Waals surface area contributed by atoms with E-state index in [0.29, 0.717) is 6.42 Å². The Bertz CT molecular complexity index is 1220. The number of rotatable bonds is 7. The molecule has 0 aliphatic heterocycles. The van der Waals surface area contributed by atoms with E-state index in [4.69, 9.17) is 9.26 Å². The Labute approximate surface area is 201 Å². The minimum absolute atomic E-state index is 0.0104. The zero-order chi connectivity index (χ0) is 24.4. The van der Waals surface area contributed by atoms with Gasteiger partial charge in [0.2, 0.25) is 5.88 Å². The Morgan fingerprint density at radius 3 is 2.40 bits per heavy atom. The molecule has 1 heterocycles. The van der Waals surface area contributed by atoms with E-state index in [9.17, 15) is 19.5 Å². The molecule has 9 nitrogen and oxygen atoms in total. The fourth-order valence-electron chi connectivity index (χ4n) is 5.10. The lowest BCUT2D eigenvalue weighted by Crippen LogP contribution is -2.33. The summed E-state index contributed by atoms with van der Waals surface area (Å²) in [5.41, 5.74) is 4.47. The molecule has 180 valence electrons. The maximum Gasteiger partial charge on any atom is 0.414 e. The van der Waals surface area contributed by atoms with Gasteiger partial charge in [-0.15, -0.1) is 0 Å². The molecule has 0 spiro atoms. The van der Waals surface area contributed by atoms with Gasteiger partial charge in [0, 0.05) is 18.5 Å². The highest BCUT2D eigenvalue weighted by Crippen LogP contribution is 2.44. The SMILES string of the molecule is O=C(Nc1cc(C(=O)NC[C@H]2CCC[C@H]2C(=O)O)no1)OCC1c2ccccc2-c2ccccc21. The smallest absolute Gasteiger partial charge is 0.414 e. The van der Waals surface area contributed by atoms with E-state index in [-0.39, 0.29) is 36.6 Å². The average Bonchev–Trinajstić information content (AvgIpc) is 3.59. The predicted octanol–water partition coefficient (Wildman–Crippen LogP) is 4.27. The van der Waals surface area contributed by atoms with Crippen molar-refractivity contribution in [1.29, 1.82) is 0 Å². The number of aromatic nitrogens is 1. The fraction of sp³-hybridized carbons (Fsp3) is 0.308. The number of carbonyl (C=O) groups is 3. The van der Waals surface area contributed by atoms with Gasteiger partial charge in [0.15, 0.2) is 5.69 Å². The maximum absolute atomic E-state index is 12.4. The number of carboxylic acids is 1. The average molecular weight is 476 g/mol. The summed E-state index contributed by atoms with van der Waals surface area (Å²) in [6.07, 6.45) is 1.49. The van der Waals surface area contributed by atoms with Crippen LogP contribution in [0, 0.1) is 11.8 Å². The number of hydrogen-bond donors (Lipinski definition) is 3. The molecule has 3 N–H and O–H groups in total. The third kappa shape index (κ3) is 4.62. The first-order valence-electron chi connectivity index (χ1n) is 11.6. The quantitative estimate of drug-likeness (QED) is 0.465. The summed E-state index contributed by atoms with van der Waals surface area (Å²) in [4.78, 5) is 36.1. The van der Waals surface area contributed by atoms with Gasteiger partial charge in [-0.25, -0.2) is 4.79 Å². The molecular weight excluding hydrogens is 450 g/mol. The maximum atomic E-state index is 12.4. The molecule has 3 aromatic rings. The van der Waals surface area contributed by atoms with E-state index in [0.717, 1.165) is 35.1 Å². The van der Waals surface area contributed by atoms with E-state index in [1.165, 1.54) is 6.07 Å². The fourth-order valence-corrected chi connectivity index (χ4v) is 5.10. The first kappa shape index (κ1) is 22.6. The zero-order valence-corrected chi connectivity index (χ0v) is 18.9. The van der Waals surface area contributed by atoms with Crippen molar-refractivity contribution in [3.8, 4) is 11.1 Å². The van der Waals surface area contributed by atoms with Crippen LogP contribution < -0.4 is 10.6 Å². The number of amides is 2. The summed E-state index contributed by atoms with van der Waals surface area (Å²) in [5.74, 6) is -1.98. The van der Waals surface area contributed by atoms with E-state index >= 15 is 0 Å². The summed E-state index contributed by atoms with van der Waals surface area (Å²) in [6, 6.07) is 17.4. The Balaban J connectivity index is 1.15. The van der Waals surface area contributed by atoms with E-state index in [2.05, 4.69) is 27.9 Å². The van der Waals surface area contributed by atoms with Crippen LogP contribution in [-0.2, 0) is 9.53 Å². The van der Waals surface area contributed by atoms with Crippen molar-refractivity contribution in [3.63, 3.8) is 0 Å². The lowest BCUT2D eigenvalue weighted by molar-refractivity contribution is -0.142. The van der Waals surface area contributed by atoms with Crippen LogP contribution in [0.1, 0.15) is 46.8 Å². The molecule has 2 amide bonds. The van der Waals surface area contributed by atoms with E-state index < -0.39 is 23.9 Å². The molecule has 1 saturated carbocycles. The second-order valence-corrected chi connectivity index (χ2v) is 8.87. The molecule has 0 saturated heterocycles. The lowest BCUT2D eigenvalue weighted by atomic mass is 9.96. The van der Waals surface area contributed by atoms with Crippen LogP contribution in [0.25, 0.3) is 11.1 Å². The van der Waals surface area contributed by atoms with Crippen molar-refractivity contribution >= 4 is 23.9 Å². The molecular formula is C26H25N3O6. The van der Waals surface area contributed by atoms with Crippen molar-refractivity contribution in [3.05, 3.63) is 71.4 Å². The Morgan fingerprint density at radius 1 is 1.03 bits per heavy atom. The monoisotopic (exact) mass is 475 g/mol. The number of carbonyl (C=O) groups excluding carboxylic acids is 2. The van der Waals surface area contributed by atoms with Crippen LogP contribution in [0.2, 0.25) is 0 Å². The van der Waals surface area contributed by atoms with E-state index in [1.54, 1.807) is 0 Å². The van der Waals surface area contributed by atoms with Gasteiger partial charge in [-0.2, -0.15) is 0 Å². The topological polar surface area (TPSA) is 131 Å². The van der Waals surface area contributed by atoms with Crippen molar-refractivity contribution < 1.29 is 28.8 Å². The van der Waals surface area contributed by atoms with Gasteiger partial charge in [0.25, 0.3) is 5.91 Å². The number of nitrogens with one attached hydrogen (secondary N) is 2. The number of aliphatic carboxylic acids is 1. The van der Waals surface area contributed by atoms with Crippen molar-refractivity contribution in [2.75, 3.05) is 18.5 Å². The van der Waals surface area contributed by atoms with Crippen molar-refractivity contribution in [1.82, 2.24) is 10.5 Å². The number of carboxylic acid groups (broad SMARTS) is 1. The van der Waals surface area contributed by atoms with Crippen LogP contribution in [0.4, 0.5) is 10.7 Å². The summed E-state index contributed by atoms with van der Waals surface area (Å²) < 4.78 is 10.5. The van der Waals surface area contributed by atoms with Gasteiger partial charge in [-0.3, -0.25) is 14.9 Å². The van der Waals surface area contributed by atoms with Crippen LogP contribution in [0.3, 0.4) is 0 Å². The molecule has 0 unspecified atom stereocenters. The first-order valence-corrected chi connectivity index (χ1v) is 11.6. The molecule has 35 heavy (non-hydrogen) atoms.